The van der Waals surface area contributed by atoms with Crippen molar-refractivity contribution in [3.63, 3.8) is 0 Å². The van der Waals surface area contributed by atoms with Crippen LogP contribution >= 0.6 is 0 Å². The highest BCUT2D eigenvalue weighted by Crippen LogP contribution is 2.30. The molecule has 0 radical (unpaired) electrons. The second-order valence-corrected chi connectivity index (χ2v) is 7.21. The van der Waals surface area contributed by atoms with Gasteiger partial charge in [-0.2, -0.15) is 13.2 Å². The van der Waals surface area contributed by atoms with Crippen molar-refractivity contribution in [2.24, 2.45) is 17.8 Å². The largest absolute Gasteiger partial charge is 0.401 e. The van der Waals surface area contributed by atoms with Crippen LogP contribution in [0.4, 0.5) is 13.2 Å². The lowest BCUT2D eigenvalue weighted by Crippen LogP contribution is -2.43. The fraction of sp³-hybridized carbons (Fsp3) is 1.00. The zero-order valence-corrected chi connectivity index (χ0v) is 13.3. The van der Waals surface area contributed by atoms with Gasteiger partial charge in [-0.1, -0.05) is 26.7 Å². The molecule has 0 aromatic heterocycles. The molecule has 3 unspecified atom stereocenters. The number of hydrogen-bond donors (Lipinski definition) is 1. The van der Waals surface area contributed by atoms with Gasteiger partial charge in [-0.3, -0.25) is 4.90 Å². The van der Waals surface area contributed by atoms with Gasteiger partial charge in [0, 0.05) is 12.6 Å². The third kappa shape index (κ3) is 5.44. The minimum atomic E-state index is -4.06. The van der Waals surface area contributed by atoms with Gasteiger partial charge in [0.15, 0.2) is 0 Å². The minimum absolute atomic E-state index is 0.377. The number of hydrogen-bond acceptors (Lipinski definition) is 2. The van der Waals surface area contributed by atoms with Crippen LogP contribution in [0.1, 0.15) is 46.0 Å². The lowest BCUT2D eigenvalue weighted by molar-refractivity contribution is -0.143. The zero-order chi connectivity index (χ0) is 15.5. The van der Waals surface area contributed by atoms with Gasteiger partial charge in [0.25, 0.3) is 0 Å². The van der Waals surface area contributed by atoms with Crippen molar-refractivity contribution in [3.05, 3.63) is 0 Å². The van der Waals surface area contributed by atoms with Crippen LogP contribution in [0.5, 0.6) is 0 Å². The van der Waals surface area contributed by atoms with E-state index in [1.165, 1.54) is 25.7 Å². The first-order chi connectivity index (χ1) is 9.85. The molecule has 1 saturated heterocycles. The van der Waals surface area contributed by atoms with Gasteiger partial charge in [0.2, 0.25) is 0 Å². The summed E-state index contributed by atoms with van der Waals surface area (Å²) in [5.74, 6) is 1.79. The molecule has 3 atom stereocenters. The van der Waals surface area contributed by atoms with E-state index in [-0.39, 0.29) is 0 Å². The number of rotatable bonds is 5. The van der Waals surface area contributed by atoms with Gasteiger partial charge in [0.05, 0.1) is 6.54 Å². The summed E-state index contributed by atoms with van der Waals surface area (Å²) in [6.07, 6.45) is 1.95. The van der Waals surface area contributed by atoms with Crippen molar-refractivity contribution in [3.8, 4) is 0 Å². The highest BCUT2D eigenvalue weighted by atomic mass is 19.4. The Balaban J connectivity index is 1.73. The van der Waals surface area contributed by atoms with E-state index < -0.39 is 12.7 Å². The first-order valence-electron chi connectivity index (χ1n) is 8.37. The van der Waals surface area contributed by atoms with Gasteiger partial charge < -0.3 is 5.32 Å². The Morgan fingerprint density at radius 1 is 1.14 bits per heavy atom. The first kappa shape index (κ1) is 17.1. The topological polar surface area (TPSA) is 15.3 Å². The molecule has 2 nitrogen and oxygen atoms in total. The molecule has 0 aromatic rings. The minimum Gasteiger partial charge on any atom is -0.313 e. The van der Waals surface area contributed by atoms with Crippen LogP contribution in [0.3, 0.4) is 0 Å². The van der Waals surface area contributed by atoms with E-state index in [1.54, 1.807) is 4.90 Å². The Hall–Kier alpha value is -0.290. The molecule has 2 aliphatic rings. The average molecular weight is 306 g/mol. The molecule has 124 valence electrons. The van der Waals surface area contributed by atoms with E-state index in [0.717, 1.165) is 18.9 Å². The number of likely N-dealkylation sites (tertiary alicyclic amines) is 1. The van der Waals surface area contributed by atoms with Gasteiger partial charge >= 0.3 is 6.18 Å². The Kier molecular flexibility index (Phi) is 5.95. The molecule has 1 aliphatic heterocycles. The standard InChI is InChI=1S/C16H29F3N2/c1-12(2)14-5-3-4-6-15(14)20-9-13-7-8-21(10-13)11-16(17,18)19/h12-15,20H,3-11H2,1-2H3. The molecule has 0 bridgehead atoms. The van der Waals surface area contributed by atoms with E-state index >= 15 is 0 Å². The third-order valence-corrected chi connectivity index (χ3v) is 5.12. The number of nitrogens with one attached hydrogen (secondary N) is 1. The van der Waals surface area contributed by atoms with Crippen molar-refractivity contribution in [2.45, 2.75) is 58.2 Å². The van der Waals surface area contributed by atoms with Gasteiger partial charge in [-0.25, -0.2) is 0 Å². The molecule has 2 fully saturated rings. The summed E-state index contributed by atoms with van der Waals surface area (Å²) in [6, 6.07) is 0.565. The molecule has 21 heavy (non-hydrogen) atoms. The highest BCUT2D eigenvalue weighted by molar-refractivity contribution is 4.85. The van der Waals surface area contributed by atoms with Crippen LogP contribution in [0.25, 0.3) is 0 Å². The molecular weight excluding hydrogens is 277 g/mol. The second kappa shape index (κ2) is 7.32. The summed E-state index contributed by atoms with van der Waals surface area (Å²) in [5, 5.41) is 3.67. The number of alkyl halides is 3. The van der Waals surface area contributed by atoms with Crippen molar-refractivity contribution < 1.29 is 13.2 Å². The molecule has 1 N–H and O–H groups in total. The van der Waals surface area contributed by atoms with Crippen molar-refractivity contribution in [1.82, 2.24) is 10.2 Å². The summed E-state index contributed by atoms with van der Waals surface area (Å²) in [4.78, 5) is 1.55. The Labute approximate surface area is 126 Å². The Morgan fingerprint density at radius 2 is 1.86 bits per heavy atom. The number of halogens is 3. The van der Waals surface area contributed by atoms with Gasteiger partial charge in [-0.15, -0.1) is 0 Å². The third-order valence-electron chi connectivity index (χ3n) is 5.12. The van der Waals surface area contributed by atoms with Gasteiger partial charge in [-0.05, 0) is 50.1 Å². The van der Waals surface area contributed by atoms with Gasteiger partial charge in [0.1, 0.15) is 0 Å². The average Bonchev–Trinajstić information content (AvgIpc) is 2.82. The highest BCUT2D eigenvalue weighted by Gasteiger charge is 2.35. The number of nitrogens with zero attached hydrogens (tertiary/aromatic N) is 1. The molecule has 1 saturated carbocycles. The van der Waals surface area contributed by atoms with E-state index in [2.05, 4.69) is 19.2 Å². The monoisotopic (exact) mass is 306 g/mol. The van der Waals surface area contributed by atoms with Crippen molar-refractivity contribution in [1.29, 1.82) is 0 Å². The van der Waals surface area contributed by atoms with Crippen LogP contribution in [-0.2, 0) is 0 Å². The van der Waals surface area contributed by atoms with E-state index in [0.29, 0.717) is 31.0 Å². The molecule has 0 spiro atoms. The van der Waals surface area contributed by atoms with E-state index in [9.17, 15) is 13.2 Å². The van der Waals surface area contributed by atoms with E-state index in [4.69, 9.17) is 0 Å². The predicted octanol–water partition coefficient (Wildman–Crippen LogP) is 3.68. The maximum Gasteiger partial charge on any atom is 0.401 e. The van der Waals surface area contributed by atoms with Crippen LogP contribution < -0.4 is 5.32 Å². The predicted molar refractivity (Wildman–Crippen MR) is 79.2 cm³/mol. The summed E-state index contributed by atoms with van der Waals surface area (Å²) >= 11 is 0. The Bertz CT molecular complexity index is 317. The molecule has 1 heterocycles. The smallest absolute Gasteiger partial charge is 0.313 e. The van der Waals surface area contributed by atoms with Crippen LogP contribution in [0.15, 0.2) is 0 Å². The first-order valence-corrected chi connectivity index (χ1v) is 8.37. The summed E-state index contributed by atoms with van der Waals surface area (Å²) in [6.45, 7) is 5.87. The normalized spacial score (nSPS) is 32.0. The summed E-state index contributed by atoms with van der Waals surface area (Å²) in [5.41, 5.74) is 0. The fourth-order valence-electron chi connectivity index (χ4n) is 4.01. The fourth-order valence-corrected chi connectivity index (χ4v) is 4.01. The summed E-state index contributed by atoms with van der Waals surface area (Å²) < 4.78 is 37.2. The maximum atomic E-state index is 12.4. The van der Waals surface area contributed by atoms with Crippen molar-refractivity contribution in [2.75, 3.05) is 26.2 Å². The van der Waals surface area contributed by atoms with Crippen molar-refractivity contribution >= 4 is 0 Å². The lowest BCUT2D eigenvalue weighted by Gasteiger charge is -2.35. The SMILES string of the molecule is CC(C)C1CCCCC1NCC1CCN(CC(F)(F)F)C1. The molecule has 0 aromatic carbocycles. The Morgan fingerprint density at radius 3 is 2.52 bits per heavy atom. The molecular formula is C16H29F3N2. The maximum absolute atomic E-state index is 12.4. The second-order valence-electron chi connectivity index (χ2n) is 7.21. The van der Waals surface area contributed by atoms with Crippen LogP contribution in [-0.4, -0.2) is 43.3 Å². The lowest BCUT2D eigenvalue weighted by atomic mass is 9.77. The molecule has 1 aliphatic carbocycles. The summed E-state index contributed by atoms with van der Waals surface area (Å²) in [7, 11) is 0. The molecule has 2 rings (SSSR count). The molecule has 5 heteroatoms. The van der Waals surface area contributed by atoms with Crippen LogP contribution in [0.2, 0.25) is 0 Å². The van der Waals surface area contributed by atoms with Crippen LogP contribution in [0, 0.1) is 17.8 Å². The molecule has 0 amide bonds. The van der Waals surface area contributed by atoms with E-state index in [1.807, 2.05) is 0 Å². The quantitative estimate of drug-likeness (QED) is 0.833. The zero-order valence-electron chi connectivity index (χ0n) is 13.3.